The van der Waals surface area contributed by atoms with E-state index in [4.69, 9.17) is 0 Å². The van der Waals surface area contributed by atoms with Crippen LogP contribution in [0.5, 0.6) is 0 Å². The van der Waals surface area contributed by atoms with E-state index < -0.39 is 0 Å². The summed E-state index contributed by atoms with van der Waals surface area (Å²) in [5.74, 6) is 1.49. The molecular weight excluding hydrogens is 162 g/mol. The fraction of sp³-hybridized carbons (Fsp3) is 0.909. The molecule has 3 atom stereocenters. The largest absolute Gasteiger partial charge is 0.353 e. The maximum atomic E-state index is 11.7. The van der Waals surface area contributed by atoms with Crippen LogP contribution in [0.25, 0.3) is 0 Å². The molecule has 0 aromatic heterocycles. The second-order valence-electron chi connectivity index (χ2n) is 5.30. The van der Waals surface area contributed by atoms with Crippen LogP contribution in [0.3, 0.4) is 0 Å². The van der Waals surface area contributed by atoms with Gasteiger partial charge in [0.2, 0.25) is 5.91 Å². The maximum Gasteiger partial charge on any atom is 0.223 e. The number of carbonyl (C=O) groups excluding carboxylic acids is 1. The van der Waals surface area contributed by atoms with Crippen molar-refractivity contribution in [2.75, 3.05) is 0 Å². The zero-order valence-electron chi connectivity index (χ0n) is 8.18. The Morgan fingerprint density at radius 2 is 2.15 bits per heavy atom. The van der Waals surface area contributed by atoms with Crippen LogP contribution in [-0.4, -0.2) is 11.9 Å². The summed E-state index contributed by atoms with van der Waals surface area (Å²) in [6, 6.07) is 0.519. The van der Waals surface area contributed by atoms with Crippen LogP contribution in [0.2, 0.25) is 0 Å². The van der Waals surface area contributed by atoms with Gasteiger partial charge in [0.15, 0.2) is 0 Å². The molecule has 3 saturated carbocycles. The van der Waals surface area contributed by atoms with Gasteiger partial charge in [-0.15, -0.1) is 0 Å². The molecule has 0 bridgehead atoms. The van der Waals surface area contributed by atoms with Gasteiger partial charge in [-0.1, -0.05) is 13.3 Å². The van der Waals surface area contributed by atoms with Crippen molar-refractivity contribution < 1.29 is 4.79 Å². The van der Waals surface area contributed by atoms with Crippen molar-refractivity contribution in [3.8, 4) is 0 Å². The van der Waals surface area contributed by atoms with Gasteiger partial charge >= 0.3 is 0 Å². The molecule has 1 unspecified atom stereocenters. The number of nitrogens with one attached hydrogen (secondary N) is 1. The summed E-state index contributed by atoms with van der Waals surface area (Å²) in [7, 11) is 0. The first-order valence-electron chi connectivity index (χ1n) is 5.52. The number of hydrogen-bond acceptors (Lipinski definition) is 1. The lowest BCUT2D eigenvalue weighted by molar-refractivity contribution is -0.123. The molecule has 3 rings (SSSR count). The lowest BCUT2D eigenvalue weighted by Crippen LogP contribution is -2.31. The summed E-state index contributed by atoms with van der Waals surface area (Å²) < 4.78 is 0. The van der Waals surface area contributed by atoms with E-state index in [9.17, 15) is 4.79 Å². The van der Waals surface area contributed by atoms with Crippen molar-refractivity contribution in [2.45, 2.75) is 45.1 Å². The van der Waals surface area contributed by atoms with Gasteiger partial charge in [-0.25, -0.2) is 0 Å². The summed E-state index contributed by atoms with van der Waals surface area (Å²) in [4.78, 5) is 11.7. The summed E-state index contributed by atoms with van der Waals surface area (Å²) in [6.07, 6.45) is 6.35. The van der Waals surface area contributed by atoms with E-state index in [2.05, 4.69) is 12.2 Å². The minimum atomic E-state index is 0.356. The van der Waals surface area contributed by atoms with Gasteiger partial charge in [0.05, 0.1) is 0 Å². The third kappa shape index (κ3) is 1.11. The Morgan fingerprint density at radius 1 is 1.46 bits per heavy atom. The normalized spacial score (nSPS) is 43.9. The average molecular weight is 179 g/mol. The highest BCUT2D eigenvalue weighted by molar-refractivity contribution is 5.83. The second-order valence-corrected chi connectivity index (χ2v) is 5.30. The SMILES string of the molecule is C[C@@H]1C[C@H]1NC(=O)C1CC12CCC2. The van der Waals surface area contributed by atoms with E-state index >= 15 is 0 Å². The molecule has 1 amide bonds. The summed E-state index contributed by atoms with van der Waals surface area (Å²) >= 11 is 0. The molecule has 1 spiro atoms. The lowest BCUT2D eigenvalue weighted by atomic mass is 9.80. The first kappa shape index (κ1) is 7.84. The van der Waals surface area contributed by atoms with E-state index in [-0.39, 0.29) is 0 Å². The van der Waals surface area contributed by atoms with E-state index in [1.165, 1.54) is 32.1 Å². The van der Waals surface area contributed by atoms with Crippen LogP contribution in [-0.2, 0) is 4.79 Å². The zero-order valence-corrected chi connectivity index (χ0v) is 8.18. The molecule has 0 saturated heterocycles. The Morgan fingerprint density at radius 3 is 2.54 bits per heavy atom. The number of hydrogen-bond donors (Lipinski definition) is 1. The molecule has 3 aliphatic carbocycles. The molecule has 2 heteroatoms. The molecule has 0 heterocycles. The molecule has 0 aromatic rings. The highest BCUT2D eigenvalue weighted by Gasteiger charge is 2.61. The van der Waals surface area contributed by atoms with Crippen LogP contribution in [0, 0.1) is 17.3 Å². The van der Waals surface area contributed by atoms with Crippen molar-refractivity contribution in [2.24, 2.45) is 17.3 Å². The third-order valence-corrected chi connectivity index (χ3v) is 4.29. The standard InChI is InChI=1S/C11H17NO/c1-7-5-9(7)12-10(13)8-6-11(8)3-2-4-11/h7-9H,2-6H2,1H3,(H,12,13)/t7-,8?,9-/m1/s1. The van der Waals surface area contributed by atoms with Crippen molar-refractivity contribution in [1.82, 2.24) is 5.32 Å². The van der Waals surface area contributed by atoms with Gasteiger partial charge in [0, 0.05) is 12.0 Å². The Hall–Kier alpha value is -0.530. The Kier molecular flexibility index (Phi) is 1.38. The monoisotopic (exact) mass is 179 g/mol. The van der Waals surface area contributed by atoms with Gasteiger partial charge in [-0.05, 0) is 37.0 Å². The fourth-order valence-corrected chi connectivity index (χ4v) is 2.71. The molecule has 3 fully saturated rings. The molecular formula is C11H17NO. The Balaban J connectivity index is 1.53. The number of amides is 1. The van der Waals surface area contributed by atoms with E-state index in [1.807, 2.05) is 0 Å². The van der Waals surface area contributed by atoms with Crippen LogP contribution in [0.15, 0.2) is 0 Å². The molecule has 0 radical (unpaired) electrons. The summed E-state index contributed by atoms with van der Waals surface area (Å²) in [5.41, 5.74) is 0.502. The van der Waals surface area contributed by atoms with Gasteiger partial charge in [-0.2, -0.15) is 0 Å². The highest BCUT2D eigenvalue weighted by atomic mass is 16.2. The van der Waals surface area contributed by atoms with Gasteiger partial charge in [-0.3, -0.25) is 4.79 Å². The number of rotatable bonds is 2. The Labute approximate surface area is 79.1 Å². The van der Waals surface area contributed by atoms with Crippen LogP contribution in [0.4, 0.5) is 0 Å². The van der Waals surface area contributed by atoms with E-state index in [0.717, 1.165) is 5.92 Å². The third-order valence-electron chi connectivity index (χ3n) is 4.29. The maximum absolute atomic E-state index is 11.7. The van der Waals surface area contributed by atoms with Gasteiger partial charge < -0.3 is 5.32 Å². The summed E-state index contributed by atoms with van der Waals surface area (Å²) in [5, 5.41) is 3.15. The first-order chi connectivity index (χ1) is 6.21. The molecule has 2 nitrogen and oxygen atoms in total. The minimum absolute atomic E-state index is 0.356. The number of carbonyl (C=O) groups is 1. The van der Waals surface area contributed by atoms with Crippen molar-refractivity contribution in [3.63, 3.8) is 0 Å². The lowest BCUT2D eigenvalue weighted by Gasteiger charge is -2.26. The molecule has 0 aliphatic heterocycles. The fourth-order valence-electron chi connectivity index (χ4n) is 2.71. The smallest absolute Gasteiger partial charge is 0.223 e. The highest BCUT2D eigenvalue weighted by Crippen LogP contribution is 2.65. The van der Waals surface area contributed by atoms with Crippen molar-refractivity contribution in [1.29, 1.82) is 0 Å². The molecule has 1 N–H and O–H groups in total. The van der Waals surface area contributed by atoms with Crippen molar-refractivity contribution in [3.05, 3.63) is 0 Å². The van der Waals surface area contributed by atoms with E-state index in [0.29, 0.717) is 23.3 Å². The van der Waals surface area contributed by atoms with Crippen LogP contribution >= 0.6 is 0 Å². The first-order valence-corrected chi connectivity index (χ1v) is 5.52. The predicted molar refractivity (Wildman–Crippen MR) is 50.1 cm³/mol. The van der Waals surface area contributed by atoms with Crippen molar-refractivity contribution >= 4 is 5.91 Å². The zero-order chi connectivity index (χ0) is 9.05. The minimum Gasteiger partial charge on any atom is -0.353 e. The predicted octanol–water partition coefficient (Wildman–Crippen LogP) is 1.70. The molecule has 3 aliphatic rings. The molecule has 72 valence electrons. The molecule has 13 heavy (non-hydrogen) atoms. The van der Waals surface area contributed by atoms with E-state index in [1.54, 1.807) is 0 Å². The van der Waals surface area contributed by atoms with Gasteiger partial charge in [0.25, 0.3) is 0 Å². The summed E-state index contributed by atoms with van der Waals surface area (Å²) in [6.45, 7) is 2.21. The van der Waals surface area contributed by atoms with Crippen LogP contribution < -0.4 is 5.32 Å². The second kappa shape index (κ2) is 2.28. The molecule has 0 aromatic carbocycles. The quantitative estimate of drug-likeness (QED) is 0.687. The van der Waals surface area contributed by atoms with Crippen LogP contribution in [0.1, 0.15) is 39.0 Å². The average Bonchev–Trinajstić information content (AvgIpc) is 2.84. The Bertz CT molecular complexity index is 257. The topological polar surface area (TPSA) is 29.1 Å². The van der Waals surface area contributed by atoms with Gasteiger partial charge in [0.1, 0.15) is 0 Å².